The molecule has 0 aromatic rings. The molecule has 0 aliphatic heterocycles. The Balaban J connectivity index is 3.93. The molecule has 0 aliphatic rings. The van der Waals surface area contributed by atoms with E-state index in [1.54, 1.807) is 13.8 Å². The monoisotopic (exact) mass is 219 g/mol. The summed E-state index contributed by atoms with van der Waals surface area (Å²) < 4.78 is 18.0. The molecule has 0 rings (SSSR count). The van der Waals surface area contributed by atoms with Crippen molar-refractivity contribution in [1.29, 1.82) is 0 Å². The predicted octanol–water partition coefficient (Wildman–Crippen LogP) is 1.29. The van der Waals surface area contributed by atoms with E-state index in [0.717, 1.165) is 0 Å². The first-order valence-electron chi connectivity index (χ1n) is 2.71. The van der Waals surface area contributed by atoms with Crippen molar-refractivity contribution >= 4 is 26.6 Å². The van der Waals surface area contributed by atoms with E-state index in [1.165, 1.54) is 0 Å². The van der Waals surface area contributed by atoms with E-state index in [1.807, 2.05) is 0 Å². The average Bonchev–Trinajstić information content (AvgIpc) is 1.84. The molecular weight excluding hydrogens is 210 g/mol. The van der Waals surface area contributed by atoms with Crippen LogP contribution in [0, 0.1) is 0 Å². The zero-order valence-electron chi connectivity index (χ0n) is 6.00. The minimum absolute atomic E-state index is 0.299. The molecule has 0 fully saturated rings. The van der Waals surface area contributed by atoms with E-state index in [-0.39, 0.29) is 5.66 Å². The Morgan fingerprint density at radius 3 is 2.36 bits per heavy atom. The second-order valence-corrected chi connectivity index (χ2v) is 6.55. The van der Waals surface area contributed by atoms with Gasteiger partial charge in [0.25, 0.3) is 0 Å². The summed E-state index contributed by atoms with van der Waals surface area (Å²) in [5.74, 6) is 0. The maximum absolute atomic E-state index is 9.93. The maximum Gasteiger partial charge on any atom is 0.726 e. The Morgan fingerprint density at radius 1 is 1.64 bits per heavy atom. The Bertz CT molecular complexity index is 192. The molecular formula is C3H9O5P2S+. The molecule has 66 valence electrons. The topological polar surface area (TPSA) is 76.0 Å². The van der Waals surface area contributed by atoms with Crippen molar-refractivity contribution < 1.29 is 23.7 Å². The Morgan fingerprint density at radius 2 is 2.09 bits per heavy atom. The van der Waals surface area contributed by atoms with E-state index in [0.29, 0.717) is 0 Å². The number of hydrogen-bond donors (Lipinski definition) is 2. The fourth-order valence-electron chi connectivity index (χ4n) is 0.162. The van der Waals surface area contributed by atoms with Crippen LogP contribution in [0.2, 0.25) is 0 Å². The lowest BCUT2D eigenvalue weighted by Crippen LogP contribution is -1.99. The third kappa shape index (κ3) is 4.93. The molecule has 0 heterocycles. The minimum Gasteiger partial charge on any atom is -0.343 e. The highest BCUT2D eigenvalue weighted by Crippen LogP contribution is 2.49. The van der Waals surface area contributed by atoms with Gasteiger partial charge in [-0.2, -0.15) is 0 Å². The molecule has 2 N–H and O–H groups in total. The molecule has 0 aromatic carbocycles. The third-order valence-electron chi connectivity index (χ3n) is 0.856. The van der Waals surface area contributed by atoms with Crippen LogP contribution < -0.4 is 0 Å². The minimum atomic E-state index is -3.05. The van der Waals surface area contributed by atoms with Gasteiger partial charge in [-0.15, -0.1) is 9.57 Å². The van der Waals surface area contributed by atoms with Gasteiger partial charge in [0.2, 0.25) is 6.49 Å². The van der Waals surface area contributed by atoms with Gasteiger partial charge in [-0.3, -0.25) is 0 Å². The molecule has 0 amide bonds. The SMILES string of the molecule is CC(C)P(O)(=S)OO[P+](=O)O. The number of rotatable bonds is 4. The van der Waals surface area contributed by atoms with Gasteiger partial charge in [0.05, 0.1) is 4.67 Å². The summed E-state index contributed by atoms with van der Waals surface area (Å²) in [6.07, 6.45) is 0. The van der Waals surface area contributed by atoms with Crippen LogP contribution in [0.5, 0.6) is 0 Å². The van der Waals surface area contributed by atoms with Gasteiger partial charge in [0, 0.05) is 10.2 Å². The maximum atomic E-state index is 9.93. The van der Waals surface area contributed by atoms with Gasteiger partial charge >= 0.3 is 8.25 Å². The van der Waals surface area contributed by atoms with Crippen molar-refractivity contribution in [3.8, 4) is 0 Å². The zero-order valence-corrected chi connectivity index (χ0v) is 8.60. The van der Waals surface area contributed by atoms with Gasteiger partial charge in [-0.05, 0) is 11.8 Å². The number of hydrogen-bond acceptors (Lipinski definition) is 4. The van der Waals surface area contributed by atoms with Gasteiger partial charge < -0.3 is 4.89 Å². The van der Waals surface area contributed by atoms with Crippen molar-refractivity contribution in [1.82, 2.24) is 0 Å². The van der Waals surface area contributed by atoms with Crippen LogP contribution in [-0.2, 0) is 25.7 Å². The van der Waals surface area contributed by atoms with Crippen LogP contribution in [0.4, 0.5) is 0 Å². The predicted molar refractivity (Wildman–Crippen MR) is 43.6 cm³/mol. The summed E-state index contributed by atoms with van der Waals surface area (Å²) in [5.41, 5.74) is -0.299. The Hall–Kier alpha value is 0.590. The molecule has 5 nitrogen and oxygen atoms in total. The summed E-state index contributed by atoms with van der Waals surface area (Å²) >= 11 is 4.57. The molecule has 0 spiro atoms. The van der Waals surface area contributed by atoms with Crippen LogP contribution in [0.3, 0.4) is 0 Å². The molecule has 0 aromatic heterocycles. The molecule has 2 unspecified atom stereocenters. The zero-order chi connectivity index (χ0) is 9.07. The molecule has 0 bridgehead atoms. The lowest BCUT2D eigenvalue weighted by atomic mass is 10.6. The summed E-state index contributed by atoms with van der Waals surface area (Å²) in [6, 6.07) is 0. The summed E-state index contributed by atoms with van der Waals surface area (Å²) in [6.45, 7) is 0.216. The molecule has 0 radical (unpaired) electrons. The van der Waals surface area contributed by atoms with E-state index in [2.05, 4.69) is 21.2 Å². The van der Waals surface area contributed by atoms with Crippen molar-refractivity contribution in [3.63, 3.8) is 0 Å². The van der Waals surface area contributed by atoms with Crippen LogP contribution >= 0.6 is 14.7 Å². The highest BCUT2D eigenvalue weighted by molar-refractivity contribution is 8.09. The Labute approximate surface area is 70.4 Å². The molecule has 2 atom stereocenters. The molecule has 0 aliphatic carbocycles. The van der Waals surface area contributed by atoms with E-state index < -0.39 is 14.7 Å². The highest BCUT2D eigenvalue weighted by atomic mass is 32.5. The largest absolute Gasteiger partial charge is 0.726 e. The van der Waals surface area contributed by atoms with Gasteiger partial charge in [-0.25, -0.2) is 0 Å². The van der Waals surface area contributed by atoms with Gasteiger partial charge in [0.1, 0.15) is 0 Å². The smallest absolute Gasteiger partial charge is 0.343 e. The lowest BCUT2D eigenvalue weighted by Gasteiger charge is -2.12. The van der Waals surface area contributed by atoms with E-state index in [4.69, 9.17) is 4.89 Å². The van der Waals surface area contributed by atoms with E-state index in [9.17, 15) is 9.46 Å². The fraction of sp³-hybridized carbons (Fsp3) is 1.00. The fourth-order valence-corrected chi connectivity index (χ4v) is 1.19. The quantitative estimate of drug-likeness (QED) is 0.421. The second-order valence-electron chi connectivity index (χ2n) is 2.04. The summed E-state index contributed by atoms with van der Waals surface area (Å²) in [7, 11) is -2.86. The van der Waals surface area contributed by atoms with Crippen molar-refractivity contribution in [3.05, 3.63) is 0 Å². The molecule has 0 saturated carbocycles. The normalized spacial score (nSPS) is 18.1. The van der Waals surface area contributed by atoms with E-state index >= 15 is 0 Å². The van der Waals surface area contributed by atoms with Crippen LogP contribution in [0.1, 0.15) is 13.8 Å². The first kappa shape index (κ1) is 11.6. The standard InChI is InChI=1S/C3H8O5P2S/c1-3(2)10(6,11)8-7-9(4)5/h3H,1-2H3,(H-,4,5,6,11)/p+1. The van der Waals surface area contributed by atoms with Crippen LogP contribution in [-0.4, -0.2) is 15.4 Å². The lowest BCUT2D eigenvalue weighted by molar-refractivity contribution is -0.102. The molecule has 8 heteroatoms. The van der Waals surface area contributed by atoms with Crippen molar-refractivity contribution in [2.75, 3.05) is 0 Å². The van der Waals surface area contributed by atoms with Crippen LogP contribution in [0.25, 0.3) is 0 Å². The summed E-state index contributed by atoms with van der Waals surface area (Å²) in [4.78, 5) is 17.3. The molecule has 11 heavy (non-hydrogen) atoms. The van der Waals surface area contributed by atoms with Crippen molar-refractivity contribution in [2.45, 2.75) is 19.5 Å². The van der Waals surface area contributed by atoms with Crippen molar-refractivity contribution in [2.24, 2.45) is 0 Å². The highest BCUT2D eigenvalue weighted by Gasteiger charge is 2.26. The average molecular weight is 219 g/mol. The second kappa shape index (κ2) is 4.58. The van der Waals surface area contributed by atoms with Gasteiger partial charge in [0.15, 0.2) is 0 Å². The Kier molecular flexibility index (Phi) is 4.82. The van der Waals surface area contributed by atoms with Crippen LogP contribution in [0.15, 0.2) is 0 Å². The first-order valence-corrected chi connectivity index (χ1v) is 6.58. The van der Waals surface area contributed by atoms with Gasteiger partial charge in [-0.1, -0.05) is 13.8 Å². The third-order valence-corrected chi connectivity index (χ3v) is 4.22. The summed E-state index contributed by atoms with van der Waals surface area (Å²) in [5, 5.41) is 0. The molecule has 0 saturated heterocycles. The first-order chi connectivity index (χ1) is 4.86.